The van der Waals surface area contributed by atoms with Crippen molar-refractivity contribution in [2.75, 3.05) is 0 Å². The Bertz CT molecular complexity index is 3070. The molecule has 2 fully saturated rings. The summed E-state index contributed by atoms with van der Waals surface area (Å²) in [5.41, 5.74) is 16.8. The zero-order valence-electron chi connectivity index (χ0n) is 36.6. The molecule has 1 N–H and O–H groups in total. The molecular weight excluding hydrogens is 974 g/mol. The van der Waals surface area contributed by atoms with Crippen molar-refractivity contribution in [3.05, 3.63) is 193 Å². The Hall–Kier alpha value is -6.35. The van der Waals surface area contributed by atoms with Gasteiger partial charge in [0.15, 0.2) is 0 Å². The molecule has 0 amide bonds. The van der Waals surface area contributed by atoms with Crippen molar-refractivity contribution in [3.8, 4) is 78.6 Å². The molecule has 9 aromatic rings. The van der Waals surface area contributed by atoms with E-state index in [1.165, 1.54) is 74.5 Å². The van der Waals surface area contributed by atoms with Gasteiger partial charge in [-0.15, -0.1) is 23.8 Å². The van der Waals surface area contributed by atoms with E-state index in [4.69, 9.17) is 9.97 Å². The van der Waals surface area contributed by atoms with Crippen molar-refractivity contribution in [1.82, 2.24) is 14.5 Å². The second-order valence-electron chi connectivity index (χ2n) is 18.0. The number of hydrogen-bond acceptors (Lipinski definition) is 3. The number of phenolic OH excluding ortho intramolecular Hbond substituents is 1. The fourth-order valence-electron chi connectivity index (χ4n) is 10.5. The van der Waals surface area contributed by atoms with E-state index in [2.05, 4.69) is 156 Å². The standard InChI is InChI=1S/C60H52N3O.Pt/c64-58-26-13-12-23-53(58)60-62-59-52(24-14-25-57(59)63(60)56-32-27-42(35-41-15-10-11-16-41)36-54(56)47-21-8-3-9-22-47)50-37-49(44-19-6-2-7-20-44)38-51(39-50)55-40-48(33-34-61-55)46-30-28-45(29-31-46)43-17-4-1-5-18-43;/h2-3,6-9,12-14,19-34,36-38,40-41,43,64H,1,4-5,10-11,15-18,35H2;/q-1;. The van der Waals surface area contributed by atoms with Gasteiger partial charge in [-0.3, -0.25) is 9.55 Å². The fraction of sp³-hybridized carbons (Fsp3) is 0.200. The van der Waals surface area contributed by atoms with Gasteiger partial charge in [-0.2, -0.15) is 0 Å². The average molecular weight is 1030 g/mol. The Labute approximate surface area is 397 Å². The Morgan fingerprint density at radius 3 is 1.98 bits per heavy atom. The van der Waals surface area contributed by atoms with Crippen LogP contribution in [0.1, 0.15) is 74.8 Å². The van der Waals surface area contributed by atoms with E-state index >= 15 is 0 Å². The summed E-state index contributed by atoms with van der Waals surface area (Å²) in [5, 5.41) is 11.5. The van der Waals surface area contributed by atoms with E-state index in [-0.39, 0.29) is 26.8 Å². The van der Waals surface area contributed by atoms with E-state index in [0.717, 1.165) is 79.3 Å². The molecule has 2 aliphatic rings. The molecule has 0 unspecified atom stereocenters. The first-order chi connectivity index (χ1) is 31.6. The van der Waals surface area contributed by atoms with E-state index < -0.39 is 0 Å². The third-order valence-electron chi connectivity index (χ3n) is 13.8. The summed E-state index contributed by atoms with van der Waals surface area (Å²) in [6, 6.07) is 64.0. The van der Waals surface area contributed by atoms with Gasteiger partial charge in [0, 0.05) is 38.5 Å². The minimum Gasteiger partial charge on any atom is -0.507 e. The monoisotopic (exact) mass is 1030 g/mol. The van der Waals surface area contributed by atoms with Crippen molar-refractivity contribution in [3.63, 3.8) is 0 Å². The van der Waals surface area contributed by atoms with Crippen LogP contribution in [0.15, 0.2) is 176 Å². The Kier molecular flexibility index (Phi) is 12.5. The smallest absolute Gasteiger partial charge is 0.148 e. The number of aromatic nitrogens is 3. The summed E-state index contributed by atoms with van der Waals surface area (Å²) in [5.74, 6) is 2.28. The molecule has 0 radical (unpaired) electrons. The maximum absolute atomic E-state index is 11.5. The number of fused-ring (bicyclic) bond motifs is 1. The van der Waals surface area contributed by atoms with Crippen molar-refractivity contribution in [2.24, 2.45) is 5.92 Å². The number of aromatic hydroxyl groups is 1. The van der Waals surface area contributed by atoms with Crippen molar-refractivity contribution in [2.45, 2.75) is 70.1 Å². The normalized spacial score (nSPS) is 14.4. The maximum atomic E-state index is 11.5. The molecule has 11 rings (SSSR count). The Morgan fingerprint density at radius 2 is 1.22 bits per heavy atom. The number of para-hydroxylation sites is 2. The first-order valence-corrected chi connectivity index (χ1v) is 23.3. The second-order valence-corrected chi connectivity index (χ2v) is 18.0. The molecule has 324 valence electrons. The quantitative estimate of drug-likeness (QED) is 0.139. The van der Waals surface area contributed by atoms with Crippen LogP contribution >= 0.6 is 0 Å². The van der Waals surface area contributed by atoms with Crippen LogP contribution in [-0.4, -0.2) is 19.6 Å². The van der Waals surface area contributed by atoms with E-state index in [1.54, 1.807) is 6.07 Å². The van der Waals surface area contributed by atoms with Gasteiger partial charge >= 0.3 is 0 Å². The van der Waals surface area contributed by atoms with Crippen molar-refractivity contribution >= 4 is 11.0 Å². The molecule has 0 aliphatic heterocycles. The van der Waals surface area contributed by atoms with Crippen LogP contribution in [0.5, 0.6) is 5.75 Å². The zero-order chi connectivity index (χ0) is 42.8. The summed E-state index contributed by atoms with van der Waals surface area (Å²) < 4.78 is 2.25. The third kappa shape index (κ3) is 8.77. The van der Waals surface area contributed by atoms with Crippen LogP contribution in [0.3, 0.4) is 0 Å². The molecule has 2 saturated carbocycles. The first-order valence-electron chi connectivity index (χ1n) is 23.3. The van der Waals surface area contributed by atoms with Crippen LogP contribution in [-0.2, 0) is 27.5 Å². The summed E-state index contributed by atoms with van der Waals surface area (Å²) in [4.78, 5) is 10.5. The molecule has 4 nitrogen and oxygen atoms in total. The van der Waals surface area contributed by atoms with E-state index in [0.29, 0.717) is 17.3 Å². The minimum atomic E-state index is 0. The number of nitrogens with zero attached hydrogens (tertiary/aromatic N) is 3. The van der Waals surface area contributed by atoms with Crippen molar-refractivity contribution < 1.29 is 26.2 Å². The SMILES string of the molecule is Oc1ccccc1-c1nc2c(-c3[c-]c(-c4cc(-c5ccc(C6CCCCC6)cc5)ccn4)cc(-c4ccccc4)c3)cccc2n1-c1ccc(CC2CCCC2)cc1-c1ccccc1.[Pt]. The Morgan fingerprint density at radius 1 is 0.538 bits per heavy atom. The van der Waals surface area contributed by atoms with E-state index in [1.807, 2.05) is 24.4 Å². The van der Waals surface area contributed by atoms with Crippen molar-refractivity contribution in [1.29, 1.82) is 0 Å². The molecule has 0 saturated heterocycles. The van der Waals surface area contributed by atoms with Crippen LogP contribution < -0.4 is 0 Å². The van der Waals surface area contributed by atoms with Crippen LogP contribution in [0.25, 0.3) is 83.9 Å². The minimum absolute atomic E-state index is 0. The van der Waals surface area contributed by atoms with Gasteiger partial charge in [-0.05, 0) is 101 Å². The van der Waals surface area contributed by atoms with Crippen LogP contribution in [0.2, 0.25) is 0 Å². The third-order valence-corrected chi connectivity index (χ3v) is 13.8. The Balaban J connectivity index is 0.00000498. The van der Waals surface area contributed by atoms with Crippen LogP contribution in [0.4, 0.5) is 0 Å². The molecule has 0 bridgehead atoms. The van der Waals surface area contributed by atoms with Gasteiger partial charge in [-0.1, -0.05) is 183 Å². The number of hydrogen-bond donors (Lipinski definition) is 1. The van der Waals surface area contributed by atoms with Gasteiger partial charge in [0.2, 0.25) is 0 Å². The summed E-state index contributed by atoms with van der Waals surface area (Å²) >= 11 is 0. The maximum Gasteiger partial charge on any atom is 0.148 e. The molecular formula is C60H52N3OPt-. The summed E-state index contributed by atoms with van der Waals surface area (Å²) in [6.45, 7) is 0. The molecule has 2 aromatic heterocycles. The van der Waals surface area contributed by atoms with Crippen LogP contribution in [0, 0.1) is 12.0 Å². The summed E-state index contributed by atoms with van der Waals surface area (Å²) in [7, 11) is 0. The van der Waals surface area contributed by atoms with E-state index in [9.17, 15) is 5.11 Å². The van der Waals surface area contributed by atoms with Gasteiger partial charge in [0.05, 0.1) is 22.3 Å². The predicted molar refractivity (Wildman–Crippen MR) is 263 cm³/mol. The molecule has 5 heteroatoms. The average Bonchev–Trinajstić information content (AvgIpc) is 4.03. The van der Waals surface area contributed by atoms with Gasteiger partial charge in [0.1, 0.15) is 11.6 Å². The number of rotatable bonds is 10. The first kappa shape index (κ1) is 42.6. The van der Waals surface area contributed by atoms with Gasteiger partial charge < -0.3 is 5.11 Å². The van der Waals surface area contributed by atoms with Gasteiger partial charge in [-0.25, -0.2) is 4.98 Å². The predicted octanol–water partition coefficient (Wildman–Crippen LogP) is 15.7. The number of benzene rings is 7. The molecule has 2 heterocycles. The largest absolute Gasteiger partial charge is 0.507 e. The number of phenols is 1. The fourth-order valence-corrected chi connectivity index (χ4v) is 10.5. The molecule has 0 atom stereocenters. The molecule has 7 aromatic carbocycles. The number of pyridine rings is 1. The number of imidazole rings is 1. The topological polar surface area (TPSA) is 50.9 Å². The summed E-state index contributed by atoms with van der Waals surface area (Å²) in [6.07, 6.45) is 14.9. The molecule has 2 aliphatic carbocycles. The molecule has 65 heavy (non-hydrogen) atoms. The zero-order valence-corrected chi connectivity index (χ0v) is 38.8. The molecule has 0 spiro atoms. The van der Waals surface area contributed by atoms with Gasteiger partial charge in [0.25, 0.3) is 0 Å². The second kappa shape index (κ2) is 19.0.